The van der Waals surface area contributed by atoms with Gasteiger partial charge in [0.15, 0.2) is 0 Å². The molecule has 0 fully saturated rings. The summed E-state index contributed by atoms with van der Waals surface area (Å²) < 4.78 is 30.7. The second-order valence-electron chi connectivity index (χ2n) is 5.68. The molecular weight excluding hydrogens is 338 g/mol. The van der Waals surface area contributed by atoms with E-state index in [0.29, 0.717) is 12.5 Å². The summed E-state index contributed by atoms with van der Waals surface area (Å²) in [5.74, 6) is -0.295. The van der Waals surface area contributed by atoms with E-state index in [-0.39, 0.29) is 15.5 Å². The Hall–Kier alpha value is -1.37. The predicted molar refractivity (Wildman–Crippen MR) is 89.1 cm³/mol. The molecular formula is C16H20ClNO4S. The number of benzene rings is 1. The number of nitrogens with zero attached hydrogens (tertiary/aromatic N) is 1. The number of ether oxygens (including phenoxy) is 1. The minimum Gasteiger partial charge on any atom is -0.462 e. The molecule has 0 bridgehead atoms. The van der Waals surface area contributed by atoms with E-state index < -0.39 is 16.0 Å². The first-order chi connectivity index (χ1) is 10.8. The van der Waals surface area contributed by atoms with Gasteiger partial charge in [-0.25, -0.2) is 17.5 Å². The number of esters is 1. The highest BCUT2D eigenvalue weighted by atomic mass is 35.5. The van der Waals surface area contributed by atoms with Gasteiger partial charge in [0, 0.05) is 14.1 Å². The third-order valence-corrected chi connectivity index (χ3v) is 5.90. The highest BCUT2D eigenvalue weighted by Gasteiger charge is 2.22. The topological polar surface area (TPSA) is 63.7 Å². The van der Waals surface area contributed by atoms with Crippen LogP contribution in [-0.2, 0) is 14.8 Å². The Morgan fingerprint density at radius 3 is 2.70 bits per heavy atom. The lowest BCUT2D eigenvalue weighted by Crippen LogP contribution is -2.22. The molecule has 0 N–H and O–H groups in total. The minimum absolute atomic E-state index is 0.0134. The molecule has 0 saturated carbocycles. The predicted octanol–water partition coefficient (Wildman–Crippen LogP) is 3.10. The monoisotopic (exact) mass is 357 g/mol. The van der Waals surface area contributed by atoms with Crippen LogP contribution in [0.2, 0.25) is 5.02 Å². The molecule has 0 saturated heterocycles. The molecule has 0 aromatic heterocycles. The zero-order valence-electron chi connectivity index (χ0n) is 13.2. The summed E-state index contributed by atoms with van der Waals surface area (Å²) in [6, 6.07) is 4.04. The molecule has 0 aliphatic heterocycles. The van der Waals surface area contributed by atoms with E-state index in [1.54, 1.807) is 0 Å². The van der Waals surface area contributed by atoms with E-state index in [9.17, 15) is 13.2 Å². The molecule has 1 aliphatic rings. The standard InChI is InChI=1S/C16H20ClNO4S/c1-18(2)23(20,21)13-8-9-15(17)14(10-13)16(19)22-11-12-6-4-3-5-7-12/h3-4,8-10,12H,5-7,11H2,1-2H3. The van der Waals surface area contributed by atoms with E-state index in [1.807, 2.05) is 0 Å². The average molecular weight is 358 g/mol. The zero-order chi connectivity index (χ0) is 17.0. The largest absolute Gasteiger partial charge is 0.462 e. The van der Waals surface area contributed by atoms with Crippen LogP contribution in [0.1, 0.15) is 29.6 Å². The van der Waals surface area contributed by atoms with Gasteiger partial charge in [-0.05, 0) is 43.4 Å². The van der Waals surface area contributed by atoms with Crippen molar-refractivity contribution in [3.8, 4) is 0 Å². The summed E-state index contributed by atoms with van der Waals surface area (Å²) in [5.41, 5.74) is 0.0703. The summed E-state index contributed by atoms with van der Waals surface area (Å²) in [6.07, 6.45) is 7.05. The fourth-order valence-electron chi connectivity index (χ4n) is 2.31. The maximum absolute atomic E-state index is 12.2. The van der Waals surface area contributed by atoms with Gasteiger partial charge >= 0.3 is 5.97 Å². The van der Waals surface area contributed by atoms with Crippen LogP contribution in [0.3, 0.4) is 0 Å². The van der Waals surface area contributed by atoms with Gasteiger partial charge in [-0.1, -0.05) is 23.8 Å². The number of sulfonamides is 1. The van der Waals surface area contributed by atoms with Gasteiger partial charge in [-0.15, -0.1) is 0 Å². The van der Waals surface area contributed by atoms with Gasteiger partial charge in [-0.2, -0.15) is 0 Å². The van der Waals surface area contributed by atoms with Gasteiger partial charge in [0.05, 0.1) is 22.1 Å². The summed E-state index contributed by atoms with van der Waals surface area (Å²) in [6.45, 7) is 0.310. The van der Waals surface area contributed by atoms with Crippen molar-refractivity contribution in [2.24, 2.45) is 5.92 Å². The molecule has 1 aromatic carbocycles. The number of rotatable bonds is 5. The van der Waals surface area contributed by atoms with E-state index in [2.05, 4.69) is 12.2 Å². The number of allylic oxidation sites excluding steroid dienone is 2. The van der Waals surface area contributed by atoms with Crippen molar-refractivity contribution in [1.29, 1.82) is 0 Å². The number of carbonyl (C=O) groups is 1. The Morgan fingerprint density at radius 2 is 2.09 bits per heavy atom. The summed E-state index contributed by atoms with van der Waals surface area (Å²) in [7, 11) is -0.769. The number of carbonyl (C=O) groups excluding carboxylic acids is 1. The Bertz CT molecular complexity index is 713. The summed E-state index contributed by atoms with van der Waals surface area (Å²) in [5, 5.41) is 0.177. The summed E-state index contributed by atoms with van der Waals surface area (Å²) in [4.78, 5) is 12.2. The van der Waals surface area contributed by atoms with Gasteiger partial charge in [-0.3, -0.25) is 0 Å². The maximum Gasteiger partial charge on any atom is 0.339 e. The van der Waals surface area contributed by atoms with Gasteiger partial charge < -0.3 is 4.74 Å². The van der Waals surface area contributed by atoms with Crippen LogP contribution in [-0.4, -0.2) is 39.4 Å². The molecule has 1 aromatic rings. The van der Waals surface area contributed by atoms with Crippen molar-refractivity contribution < 1.29 is 17.9 Å². The fraction of sp³-hybridized carbons (Fsp3) is 0.438. The second kappa shape index (κ2) is 7.47. The van der Waals surface area contributed by atoms with Gasteiger partial charge in [0.1, 0.15) is 0 Å². The Morgan fingerprint density at radius 1 is 1.35 bits per heavy atom. The van der Waals surface area contributed by atoms with Crippen LogP contribution in [0.15, 0.2) is 35.2 Å². The van der Waals surface area contributed by atoms with Crippen molar-refractivity contribution >= 4 is 27.6 Å². The lowest BCUT2D eigenvalue weighted by molar-refractivity contribution is 0.0432. The van der Waals surface area contributed by atoms with Crippen molar-refractivity contribution in [2.45, 2.75) is 24.2 Å². The molecule has 7 heteroatoms. The first-order valence-corrected chi connectivity index (χ1v) is 9.18. The molecule has 126 valence electrons. The highest BCUT2D eigenvalue weighted by Crippen LogP contribution is 2.24. The lowest BCUT2D eigenvalue weighted by Gasteiger charge is -2.18. The molecule has 1 atom stereocenters. The third-order valence-electron chi connectivity index (χ3n) is 3.76. The zero-order valence-corrected chi connectivity index (χ0v) is 14.7. The number of hydrogen-bond acceptors (Lipinski definition) is 4. The normalized spacial score (nSPS) is 18.2. The van der Waals surface area contributed by atoms with E-state index in [0.717, 1.165) is 23.6 Å². The average Bonchev–Trinajstić information content (AvgIpc) is 2.53. The summed E-state index contributed by atoms with van der Waals surface area (Å²) >= 11 is 6.02. The maximum atomic E-state index is 12.2. The van der Waals surface area contributed by atoms with Crippen molar-refractivity contribution in [1.82, 2.24) is 4.31 Å². The highest BCUT2D eigenvalue weighted by molar-refractivity contribution is 7.89. The second-order valence-corrected chi connectivity index (χ2v) is 8.24. The third kappa shape index (κ3) is 4.34. The first kappa shape index (κ1) is 18.0. The van der Waals surface area contributed by atoms with Crippen molar-refractivity contribution in [2.75, 3.05) is 20.7 Å². The van der Waals surface area contributed by atoms with Crippen LogP contribution in [0, 0.1) is 5.92 Å². The van der Waals surface area contributed by atoms with Crippen LogP contribution >= 0.6 is 11.6 Å². The molecule has 1 unspecified atom stereocenters. The smallest absolute Gasteiger partial charge is 0.339 e. The van der Waals surface area contributed by atoms with E-state index in [1.165, 1.54) is 32.3 Å². The minimum atomic E-state index is -3.63. The molecule has 0 amide bonds. The van der Waals surface area contributed by atoms with Crippen LogP contribution in [0.25, 0.3) is 0 Å². The van der Waals surface area contributed by atoms with E-state index >= 15 is 0 Å². The van der Waals surface area contributed by atoms with Crippen LogP contribution in [0.4, 0.5) is 0 Å². The molecule has 0 spiro atoms. The van der Waals surface area contributed by atoms with Gasteiger partial charge in [0.25, 0.3) is 0 Å². The van der Waals surface area contributed by atoms with Crippen LogP contribution < -0.4 is 0 Å². The SMILES string of the molecule is CN(C)S(=O)(=O)c1ccc(Cl)c(C(=O)OCC2CC=CCC2)c1. The quantitative estimate of drug-likeness (QED) is 0.600. The van der Waals surface area contributed by atoms with Crippen molar-refractivity contribution in [3.05, 3.63) is 40.9 Å². The molecule has 0 heterocycles. The van der Waals surface area contributed by atoms with Crippen molar-refractivity contribution in [3.63, 3.8) is 0 Å². The Kier molecular flexibility index (Phi) is 5.84. The number of hydrogen-bond donors (Lipinski definition) is 0. The first-order valence-electron chi connectivity index (χ1n) is 7.36. The fourth-order valence-corrected chi connectivity index (χ4v) is 3.43. The molecule has 1 aliphatic carbocycles. The molecule has 2 rings (SSSR count). The Labute approximate surface area is 141 Å². The molecule has 0 radical (unpaired) electrons. The van der Waals surface area contributed by atoms with Gasteiger partial charge in [0.2, 0.25) is 10.0 Å². The number of halogens is 1. The molecule has 5 nitrogen and oxygen atoms in total. The Balaban J connectivity index is 2.15. The molecule has 23 heavy (non-hydrogen) atoms. The van der Waals surface area contributed by atoms with Crippen LogP contribution in [0.5, 0.6) is 0 Å². The van der Waals surface area contributed by atoms with E-state index in [4.69, 9.17) is 16.3 Å². The lowest BCUT2D eigenvalue weighted by atomic mass is 9.95.